The Morgan fingerprint density at radius 2 is 1.70 bits per heavy atom. The average Bonchev–Trinajstić information content (AvgIpc) is 2.52. The Balaban J connectivity index is 2.17. The molecule has 3 heteroatoms. The average molecular weight is 268 g/mol. The number of carbonyl (C=O) groups is 1. The van der Waals surface area contributed by atoms with Crippen molar-refractivity contribution in [3.63, 3.8) is 0 Å². The summed E-state index contributed by atoms with van der Waals surface area (Å²) in [6, 6.07) is 16.9. The summed E-state index contributed by atoms with van der Waals surface area (Å²) in [6.07, 6.45) is 0. The fraction of sp³-hybridized carbons (Fsp3) is 0.235. The number of Topliss-reactive ketones (excluding diaryl/α,β-unsaturated/α-hetero) is 1. The van der Waals surface area contributed by atoms with Gasteiger partial charge in [-0.15, -0.1) is 0 Å². The summed E-state index contributed by atoms with van der Waals surface area (Å²) in [5.41, 5.74) is 1.46. The van der Waals surface area contributed by atoms with Gasteiger partial charge in [-0.05, 0) is 19.1 Å². The lowest BCUT2D eigenvalue weighted by Gasteiger charge is -2.41. The Kier molecular flexibility index (Phi) is 3.07. The first kappa shape index (κ1) is 12.9. The van der Waals surface area contributed by atoms with Crippen LogP contribution in [0.3, 0.4) is 0 Å². The van der Waals surface area contributed by atoms with Crippen molar-refractivity contribution in [2.24, 2.45) is 5.92 Å². The second kappa shape index (κ2) is 4.76. The number of ether oxygens (including phenoxy) is 2. The van der Waals surface area contributed by atoms with Crippen molar-refractivity contribution in [2.75, 3.05) is 7.11 Å². The van der Waals surface area contributed by atoms with Crippen LogP contribution < -0.4 is 4.74 Å². The number of hydrogen-bond donors (Lipinski definition) is 0. The zero-order valence-corrected chi connectivity index (χ0v) is 11.5. The molecule has 3 rings (SSSR count). The number of fused-ring (bicyclic) bond motifs is 1. The minimum Gasteiger partial charge on any atom is -0.456 e. The van der Waals surface area contributed by atoms with E-state index in [-0.39, 0.29) is 5.78 Å². The second-order valence-electron chi connectivity index (χ2n) is 4.92. The molecule has 0 aliphatic carbocycles. The number of ketones is 1. The third kappa shape index (κ3) is 1.74. The van der Waals surface area contributed by atoms with Crippen molar-refractivity contribution < 1.29 is 14.3 Å². The van der Waals surface area contributed by atoms with Crippen molar-refractivity contribution in [1.82, 2.24) is 0 Å². The number of hydrogen-bond acceptors (Lipinski definition) is 3. The highest BCUT2D eigenvalue weighted by Gasteiger charge is 2.49. The molecule has 0 unspecified atom stereocenters. The van der Waals surface area contributed by atoms with Gasteiger partial charge in [-0.25, -0.2) is 0 Å². The number of methoxy groups -OCH3 is 1. The SMILES string of the molecule is CO[C@@]1(c2ccccc2)Oc2ccccc2C(=O)[C@@H]1C. The Hall–Kier alpha value is -2.13. The monoisotopic (exact) mass is 268 g/mol. The summed E-state index contributed by atoms with van der Waals surface area (Å²) >= 11 is 0. The molecule has 0 fully saturated rings. The summed E-state index contributed by atoms with van der Waals surface area (Å²) in [6.45, 7) is 1.84. The molecule has 1 aliphatic rings. The van der Waals surface area contributed by atoms with Gasteiger partial charge in [0.25, 0.3) is 0 Å². The molecule has 2 aromatic rings. The smallest absolute Gasteiger partial charge is 0.247 e. The number of rotatable bonds is 2. The predicted octanol–water partition coefficient (Wildman–Crippen LogP) is 3.40. The molecule has 2 atom stereocenters. The maximum absolute atomic E-state index is 12.6. The van der Waals surface area contributed by atoms with E-state index in [1.54, 1.807) is 19.2 Å². The first-order valence-electron chi connectivity index (χ1n) is 6.62. The van der Waals surface area contributed by atoms with Crippen molar-refractivity contribution in [3.8, 4) is 5.75 Å². The second-order valence-corrected chi connectivity index (χ2v) is 4.92. The first-order chi connectivity index (χ1) is 9.69. The predicted molar refractivity (Wildman–Crippen MR) is 75.7 cm³/mol. The summed E-state index contributed by atoms with van der Waals surface area (Å²) < 4.78 is 11.8. The Bertz CT molecular complexity index is 636. The third-order valence-electron chi connectivity index (χ3n) is 3.86. The quantitative estimate of drug-likeness (QED) is 0.837. The molecule has 0 spiro atoms. The third-order valence-corrected chi connectivity index (χ3v) is 3.86. The van der Waals surface area contributed by atoms with Crippen LogP contribution in [0.15, 0.2) is 54.6 Å². The lowest BCUT2D eigenvalue weighted by atomic mass is 9.84. The molecule has 0 aromatic heterocycles. The summed E-state index contributed by atoms with van der Waals surface area (Å²) in [5.74, 6) is -0.865. The van der Waals surface area contributed by atoms with E-state index < -0.39 is 11.7 Å². The van der Waals surface area contributed by atoms with Gasteiger partial charge in [0, 0.05) is 12.7 Å². The zero-order valence-electron chi connectivity index (χ0n) is 11.5. The molecule has 3 nitrogen and oxygen atoms in total. The van der Waals surface area contributed by atoms with Gasteiger partial charge < -0.3 is 9.47 Å². The standard InChI is InChI=1S/C17H16O3/c1-12-16(18)14-10-6-7-11-15(14)20-17(12,19-2)13-8-4-3-5-9-13/h3-12H,1-2H3/t12-,17+/m0/s1. The van der Waals surface area contributed by atoms with Crippen LogP contribution in [0.5, 0.6) is 5.75 Å². The molecular formula is C17H16O3. The zero-order chi connectivity index (χ0) is 14.2. The molecule has 0 N–H and O–H groups in total. The molecule has 0 saturated carbocycles. The van der Waals surface area contributed by atoms with Crippen LogP contribution in [-0.4, -0.2) is 12.9 Å². The van der Waals surface area contributed by atoms with E-state index in [2.05, 4.69) is 0 Å². The molecule has 2 aromatic carbocycles. The highest BCUT2D eigenvalue weighted by atomic mass is 16.7. The molecule has 1 aliphatic heterocycles. The minimum atomic E-state index is -1.06. The molecule has 20 heavy (non-hydrogen) atoms. The van der Waals surface area contributed by atoms with Crippen molar-refractivity contribution in [2.45, 2.75) is 12.7 Å². The summed E-state index contributed by atoms with van der Waals surface area (Å²) in [4.78, 5) is 12.6. The van der Waals surface area contributed by atoms with E-state index in [1.165, 1.54) is 0 Å². The Morgan fingerprint density at radius 3 is 2.40 bits per heavy atom. The van der Waals surface area contributed by atoms with Gasteiger partial charge in [-0.3, -0.25) is 4.79 Å². The van der Waals surface area contributed by atoms with Gasteiger partial charge in [0.2, 0.25) is 5.79 Å². The van der Waals surface area contributed by atoms with Crippen LogP contribution in [-0.2, 0) is 10.5 Å². The normalized spacial score (nSPS) is 24.9. The van der Waals surface area contributed by atoms with Crippen molar-refractivity contribution >= 4 is 5.78 Å². The highest BCUT2D eigenvalue weighted by molar-refractivity contribution is 6.01. The lowest BCUT2D eigenvalue weighted by Crippen LogP contribution is -2.48. The van der Waals surface area contributed by atoms with Gasteiger partial charge in [-0.1, -0.05) is 42.5 Å². The molecular weight excluding hydrogens is 252 g/mol. The van der Waals surface area contributed by atoms with Crippen LogP contribution in [0.1, 0.15) is 22.8 Å². The largest absolute Gasteiger partial charge is 0.456 e. The van der Waals surface area contributed by atoms with E-state index in [4.69, 9.17) is 9.47 Å². The van der Waals surface area contributed by atoms with Crippen LogP contribution >= 0.6 is 0 Å². The minimum absolute atomic E-state index is 0.0394. The molecule has 0 saturated heterocycles. The first-order valence-corrected chi connectivity index (χ1v) is 6.62. The fourth-order valence-corrected chi connectivity index (χ4v) is 2.73. The van der Waals surface area contributed by atoms with E-state index >= 15 is 0 Å². The number of carbonyl (C=O) groups excluding carboxylic acids is 1. The van der Waals surface area contributed by atoms with E-state index in [0.29, 0.717) is 11.3 Å². The maximum atomic E-state index is 12.6. The van der Waals surface area contributed by atoms with Crippen LogP contribution in [0.25, 0.3) is 0 Å². The van der Waals surface area contributed by atoms with E-state index in [0.717, 1.165) is 5.56 Å². The topological polar surface area (TPSA) is 35.5 Å². The Morgan fingerprint density at radius 1 is 1.05 bits per heavy atom. The fourth-order valence-electron chi connectivity index (χ4n) is 2.73. The van der Waals surface area contributed by atoms with Crippen LogP contribution in [0.2, 0.25) is 0 Å². The van der Waals surface area contributed by atoms with Crippen molar-refractivity contribution in [1.29, 1.82) is 0 Å². The number of benzene rings is 2. The molecule has 1 heterocycles. The number of para-hydroxylation sites is 1. The lowest BCUT2D eigenvalue weighted by molar-refractivity contribution is -0.199. The van der Waals surface area contributed by atoms with Gasteiger partial charge in [0.05, 0.1) is 11.5 Å². The maximum Gasteiger partial charge on any atom is 0.247 e. The molecule has 0 bridgehead atoms. The summed E-state index contributed by atoms with van der Waals surface area (Å²) in [5, 5.41) is 0. The van der Waals surface area contributed by atoms with E-state index in [9.17, 15) is 4.79 Å². The molecule has 0 amide bonds. The van der Waals surface area contributed by atoms with Crippen molar-refractivity contribution in [3.05, 3.63) is 65.7 Å². The van der Waals surface area contributed by atoms with Gasteiger partial charge in [0.1, 0.15) is 5.75 Å². The van der Waals surface area contributed by atoms with E-state index in [1.807, 2.05) is 49.4 Å². The summed E-state index contributed by atoms with van der Waals surface area (Å²) in [7, 11) is 1.57. The van der Waals surface area contributed by atoms with Gasteiger partial charge >= 0.3 is 0 Å². The molecule has 0 radical (unpaired) electrons. The van der Waals surface area contributed by atoms with Gasteiger partial charge in [0.15, 0.2) is 5.78 Å². The van der Waals surface area contributed by atoms with Crippen LogP contribution in [0, 0.1) is 5.92 Å². The van der Waals surface area contributed by atoms with Crippen LogP contribution in [0.4, 0.5) is 0 Å². The molecule has 102 valence electrons. The highest BCUT2D eigenvalue weighted by Crippen LogP contribution is 2.43. The van der Waals surface area contributed by atoms with Gasteiger partial charge in [-0.2, -0.15) is 0 Å². The Labute approximate surface area is 118 Å².